The molecule has 0 N–H and O–H groups in total. The number of amides is 2. The Balaban J connectivity index is 1.75. The summed E-state index contributed by atoms with van der Waals surface area (Å²) in [7, 11) is 2.05. The Labute approximate surface area is 155 Å². The monoisotopic (exact) mass is 359 g/mol. The summed E-state index contributed by atoms with van der Waals surface area (Å²) in [6.07, 6.45) is 1.15. The lowest BCUT2D eigenvalue weighted by atomic mass is 10.1. The molecule has 2 aliphatic heterocycles. The summed E-state index contributed by atoms with van der Waals surface area (Å²) in [6.45, 7) is 8.14. The maximum absolute atomic E-state index is 13.2. The van der Waals surface area contributed by atoms with Crippen LogP contribution in [0, 0.1) is 0 Å². The second-order valence-electron chi connectivity index (χ2n) is 8.14. The molecule has 2 aliphatic rings. The number of anilines is 1. The molecule has 142 valence electrons. The molecule has 0 bridgehead atoms. The molecular formula is C20H29N3O3. The SMILES string of the molecule is CN1CCN(C(=O)C2CCCN2C(=O)OC(C)(C)C)Cc2ccccc21. The van der Waals surface area contributed by atoms with Crippen molar-refractivity contribution in [3.63, 3.8) is 0 Å². The van der Waals surface area contributed by atoms with Gasteiger partial charge in [-0.15, -0.1) is 0 Å². The van der Waals surface area contributed by atoms with Gasteiger partial charge in [0.2, 0.25) is 5.91 Å². The van der Waals surface area contributed by atoms with E-state index in [2.05, 4.69) is 24.1 Å². The molecule has 1 saturated heterocycles. The second-order valence-corrected chi connectivity index (χ2v) is 8.14. The van der Waals surface area contributed by atoms with Crippen molar-refractivity contribution in [2.75, 3.05) is 31.6 Å². The van der Waals surface area contributed by atoms with Crippen molar-refractivity contribution in [2.45, 2.75) is 51.8 Å². The van der Waals surface area contributed by atoms with Gasteiger partial charge in [-0.05, 0) is 45.2 Å². The summed E-state index contributed by atoms with van der Waals surface area (Å²) in [4.78, 5) is 31.4. The number of nitrogens with zero attached hydrogens (tertiary/aromatic N) is 3. The van der Waals surface area contributed by atoms with Crippen LogP contribution in [0.4, 0.5) is 10.5 Å². The molecule has 0 spiro atoms. The summed E-state index contributed by atoms with van der Waals surface area (Å²) in [6, 6.07) is 7.77. The molecule has 0 radical (unpaired) electrons. The van der Waals surface area contributed by atoms with Crippen molar-refractivity contribution in [3.05, 3.63) is 29.8 Å². The Morgan fingerprint density at radius 3 is 2.58 bits per heavy atom. The van der Waals surface area contributed by atoms with Crippen LogP contribution in [0.1, 0.15) is 39.2 Å². The van der Waals surface area contributed by atoms with E-state index in [1.54, 1.807) is 4.90 Å². The molecule has 6 nitrogen and oxygen atoms in total. The normalized spacial score (nSPS) is 20.6. The fourth-order valence-corrected chi connectivity index (χ4v) is 3.65. The van der Waals surface area contributed by atoms with Gasteiger partial charge in [0.05, 0.1) is 0 Å². The molecule has 2 heterocycles. The van der Waals surface area contributed by atoms with Crippen molar-refractivity contribution in [2.24, 2.45) is 0 Å². The summed E-state index contributed by atoms with van der Waals surface area (Å²) in [5.74, 6) is 0.0264. The number of likely N-dealkylation sites (tertiary alicyclic amines) is 1. The minimum Gasteiger partial charge on any atom is -0.444 e. The van der Waals surface area contributed by atoms with Crippen LogP contribution in [0.25, 0.3) is 0 Å². The van der Waals surface area contributed by atoms with Crippen molar-refractivity contribution >= 4 is 17.7 Å². The quantitative estimate of drug-likeness (QED) is 0.774. The van der Waals surface area contributed by atoms with Crippen LogP contribution in [-0.4, -0.2) is 60.1 Å². The van der Waals surface area contributed by atoms with E-state index >= 15 is 0 Å². The van der Waals surface area contributed by atoms with Gasteiger partial charge in [0.1, 0.15) is 11.6 Å². The minimum atomic E-state index is -0.558. The Bertz CT molecular complexity index is 683. The minimum absolute atomic E-state index is 0.0264. The fraction of sp³-hybridized carbons (Fsp3) is 0.600. The average molecular weight is 359 g/mol. The topological polar surface area (TPSA) is 53.1 Å². The third-order valence-corrected chi connectivity index (χ3v) is 4.95. The zero-order valence-electron chi connectivity index (χ0n) is 16.2. The average Bonchev–Trinajstić information content (AvgIpc) is 3.00. The van der Waals surface area contributed by atoms with Gasteiger partial charge in [0, 0.05) is 38.9 Å². The third-order valence-electron chi connectivity index (χ3n) is 4.95. The maximum Gasteiger partial charge on any atom is 0.410 e. The first-order chi connectivity index (χ1) is 12.3. The van der Waals surface area contributed by atoms with Gasteiger partial charge < -0.3 is 14.5 Å². The Kier molecular flexibility index (Phi) is 5.12. The highest BCUT2D eigenvalue weighted by Crippen LogP contribution is 2.27. The van der Waals surface area contributed by atoms with Crippen LogP contribution in [0.3, 0.4) is 0 Å². The summed E-state index contributed by atoms with van der Waals surface area (Å²) >= 11 is 0. The van der Waals surface area contributed by atoms with Gasteiger partial charge in [-0.1, -0.05) is 18.2 Å². The Morgan fingerprint density at radius 2 is 1.85 bits per heavy atom. The van der Waals surface area contributed by atoms with E-state index in [1.807, 2.05) is 37.8 Å². The van der Waals surface area contributed by atoms with Crippen molar-refractivity contribution in [1.29, 1.82) is 0 Å². The molecule has 1 aromatic rings. The molecule has 0 aliphatic carbocycles. The van der Waals surface area contributed by atoms with E-state index in [9.17, 15) is 9.59 Å². The number of para-hydroxylation sites is 1. The summed E-state index contributed by atoms with van der Waals surface area (Å²) in [5, 5.41) is 0. The first-order valence-electron chi connectivity index (χ1n) is 9.34. The molecule has 1 fully saturated rings. The number of likely N-dealkylation sites (N-methyl/N-ethyl adjacent to an activating group) is 1. The number of carbonyl (C=O) groups excluding carboxylic acids is 2. The number of carbonyl (C=O) groups is 2. The predicted molar refractivity (Wildman–Crippen MR) is 101 cm³/mol. The van der Waals surface area contributed by atoms with Gasteiger partial charge in [0.25, 0.3) is 0 Å². The lowest BCUT2D eigenvalue weighted by Gasteiger charge is -2.31. The zero-order chi connectivity index (χ0) is 18.9. The number of hydrogen-bond donors (Lipinski definition) is 0. The van der Waals surface area contributed by atoms with E-state index in [4.69, 9.17) is 4.74 Å². The lowest BCUT2D eigenvalue weighted by Crippen LogP contribution is -2.49. The third kappa shape index (κ3) is 3.94. The van der Waals surface area contributed by atoms with Crippen LogP contribution < -0.4 is 4.90 Å². The van der Waals surface area contributed by atoms with Gasteiger partial charge in [-0.2, -0.15) is 0 Å². The number of benzene rings is 1. The highest BCUT2D eigenvalue weighted by molar-refractivity contribution is 5.86. The zero-order valence-corrected chi connectivity index (χ0v) is 16.2. The molecule has 0 aromatic heterocycles. The largest absolute Gasteiger partial charge is 0.444 e. The molecule has 3 rings (SSSR count). The molecule has 26 heavy (non-hydrogen) atoms. The van der Waals surface area contributed by atoms with Crippen molar-refractivity contribution in [3.8, 4) is 0 Å². The van der Waals surface area contributed by atoms with E-state index in [1.165, 1.54) is 5.69 Å². The summed E-state index contributed by atoms with van der Waals surface area (Å²) < 4.78 is 5.50. The van der Waals surface area contributed by atoms with Gasteiger partial charge in [0.15, 0.2) is 0 Å². The van der Waals surface area contributed by atoms with Gasteiger partial charge in [-0.25, -0.2) is 4.79 Å². The predicted octanol–water partition coefficient (Wildman–Crippen LogP) is 2.86. The highest BCUT2D eigenvalue weighted by atomic mass is 16.6. The van der Waals surface area contributed by atoms with Crippen molar-refractivity contribution in [1.82, 2.24) is 9.80 Å². The number of fused-ring (bicyclic) bond motifs is 1. The molecular weight excluding hydrogens is 330 g/mol. The molecule has 1 atom stereocenters. The Morgan fingerprint density at radius 1 is 1.12 bits per heavy atom. The van der Waals surface area contributed by atoms with Crippen molar-refractivity contribution < 1.29 is 14.3 Å². The molecule has 6 heteroatoms. The molecule has 0 saturated carbocycles. The number of ether oxygens (including phenoxy) is 1. The summed E-state index contributed by atoms with van der Waals surface area (Å²) in [5.41, 5.74) is 1.75. The molecule has 2 amide bonds. The lowest BCUT2D eigenvalue weighted by molar-refractivity contribution is -0.136. The molecule has 1 unspecified atom stereocenters. The van der Waals surface area contributed by atoms with Crippen LogP contribution in [0.15, 0.2) is 24.3 Å². The second kappa shape index (κ2) is 7.17. The molecule has 1 aromatic carbocycles. The smallest absolute Gasteiger partial charge is 0.410 e. The standard InChI is InChI=1S/C20H29N3O3/c1-20(2,3)26-19(25)23-11-7-10-17(23)18(24)22-13-12-21(4)16-9-6-5-8-15(16)14-22/h5-6,8-9,17H,7,10-14H2,1-4H3. The van der Waals surface area contributed by atoms with E-state index in [0.29, 0.717) is 26.1 Å². The van der Waals surface area contributed by atoms with Crippen LogP contribution in [0.5, 0.6) is 0 Å². The van der Waals surface area contributed by atoms with Gasteiger partial charge >= 0.3 is 6.09 Å². The van der Waals surface area contributed by atoms with Crippen LogP contribution >= 0.6 is 0 Å². The first-order valence-corrected chi connectivity index (χ1v) is 9.34. The van der Waals surface area contributed by atoms with E-state index in [-0.39, 0.29) is 12.0 Å². The number of hydrogen-bond acceptors (Lipinski definition) is 4. The van der Waals surface area contributed by atoms with E-state index in [0.717, 1.165) is 18.5 Å². The fourth-order valence-electron chi connectivity index (χ4n) is 3.65. The highest BCUT2D eigenvalue weighted by Gasteiger charge is 2.39. The number of rotatable bonds is 1. The van der Waals surface area contributed by atoms with Crippen LogP contribution in [-0.2, 0) is 16.1 Å². The van der Waals surface area contributed by atoms with Crippen LogP contribution in [0.2, 0.25) is 0 Å². The Hall–Kier alpha value is -2.24. The van der Waals surface area contributed by atoms with Gasteiger partial charge in [-0.3, -0.25) is 9.69 Å². The first kappa shape index (κ1) is 18.5. The maximum atomic E-state index is 13.2. The van der Waals surface area contributed by atoms with E-state index < -0.39 is 11.6 Å².